The van der Waals surface area contributed by atoms with Crippen LogP contribution in [0, 0.1) is 5.92 Å². The summed E-state index contributed by atoms with van der Waals surface area (Å²) in [6.45, 7) is 3.59. The van der Waals surface area contributed by atoms with Crippen LogP contribution in [0.3, 0.4) is 0 Å². The summed E-state index contributed by atoms with van der Waals surface area (Å²) < 4.78 is 0. The first-order chi connectivity index (χ1) is 15.6. The first-order valence-electron chi connectivity index (χ1n) is 10.2. The van der Waals surface area contributed by atoms with Crippen molar-refractivity contribution in [2.45, 2.75) is 70.1 Å². The number of amides is 3. The number of carboxylic acid groups (broad SMARTS) is 4. The van der Waals surface area contributed by atoms with E-state index in [9.17, 15) is 33.6 Å². The maximum absolute atomic E-state index is 12.7. The van der Waals surface area contributed by atoms with Crippen molar-refractivity contribution in [1.82, 2.24) is 16.0 Å². The minimum absolute atomic E-state index is 0.0312. The second-order valence-electron chi connectivity index (χ2n) is 7.89. The van der Waals surface area contributed by atoms with Gasteiger partial charge in [0.15, 0.2) is 0 Å². The van der Waals surface area contributed by atoms with E-state index < -0.39 is 91.4 Å². The normalized spacial score (nSPS) is 14.2. The van der Waals surface area contributed by atoms with E-state index in [1.54, 1.807) is 13.8 Å². The third kappa shape index (κ3) is 12.3. The molecule has 3 amide bonds. The first-order valence-corrected chi connectivity index (χ1v) is 10.2. The Labute approximate surface area is 194 Å². The Balaban J connectivity index is 5.60. The Morgan fingerprint density at radius 3 is 1.56 bits per heavy atom. The number of hydrogen-bond donors (Lipinski definition) is 8. The lowest BCUT2D eigenvalue weighted by molar-refractivity contribution is -0.148. The van der Waals surface area contributed by atoms with E-state index in [1.165, 1.54) is 0 Å². The van der Waals surface area contributed by atoms with E-state index >= 15 is 0 Å². The van der Waals surface area contributed by atoms with Crippen LogP contribution in [-0.4, -0.2) is 86.2 Å². The van der Waals surface area contributed by atoms with Gasteiger partial charge in [0.25, 0.3) is 0 Å². The molecule has 0 fully saturated rings. The molecule has 192 valence electrons. The predicted octanol–water partition coefficient (Wildman–Crippen LogP) is -2.29. The number of nitrogens with two attached hydrogens (primary N) is 1. The molecule has 0 saturated carbocycles. The summed E-state index contributed by atoms with van der Waals surface area (Å²) in [5, 5.41) is 41.9. The molecule has 0 aliphatic rings. The Morgan fingerprint density at radius 1 is 0.676 bits per heavy atom. The zero-order valence-corrected chi connectivity index (χ0v) is 18.6. The van der Waals surface area contributed by atoms with Crippen LogP contribution in [0.4, 0.5) is 0 Å². The molecular formula is C19H30N4O11. The van der Waals surface area contributed by atoms with Gasteiger partial charge in [0.05, 0.1) is 18.9 Å². The fourth-order valence-corrected chi connectivity index (χ4v) is 2.73. The van der Waals surface area contributed by atoms with Crippen LogP contribution in [0.25, 0.3) is 0 Å². The average molecular weight is 490 g/mol. The summed E-state index contributed by atoms with van der Waals surface area (Å²) in [4.78, 5) is 81.4. The van der Waals surface area contributed by atoms with Gasteiger partial charge in [-0.1, -0.05) is 13.8 Å². The zero-order valence-electron chi connectivity index (χ0n) is 18.6. The largest absolute Gasteiger partial charge is 0.481 e. The van der Waals surface area contributed by atoms with E-state index in [4.69, 9.17) is 26.2 Å². The first kappa shape index (κ1) is 30.2. The van der Waals surface area contributed by atoms with E-state index in [0.717, 1.165) is 0 Å². The van der Waals surface area contributed by atoms with E-state index in [1.807, 2.05) is 10.6 Å². The molecular weight excluding hydrogens is 460 g/mol. The fourth-order valence-electron chi connectivity index (χ4n) is 2.73. The highest BCUT2D eigenvalue weighted by Crippen LogP contribution is 2.06. The minimum Gasteiger partial charge on any atom is -0.481 e. The van der Waals surface area contributed by atoms with Crippen LogP contribution in [0.1, 0.15) is 46.0 Å². The second kappa shape index (κ2) is 14.4. The highest BCUT2D eigenvalue weighted by atomic mass is 16.4. The molecule has 0 aromatic heterocycles. The molecule has 0 saturated heterocycles. The smallest absolute Gasteiger partial charge is 0.326 e. The topological polar surface area (TPSA) is 263 Å². The highest BCUT2D eigenvalue weighted by molar-refractivity contribution is 5.96. The lowest BCUT2D eigenvalue weighted by Gasteiger charge is -2.24. The Bertz CT molecular complexity index is 799. The zero-order chi connectivity index (χ0) is 26.6. The van der Waals surface area contributed by atoms with Gasteiger partial charge in [-0.25, -0.2) is 4.79 Å². The number of carbonyl (C=O) groups excluding carboxylic acids is 3. The fraction of sp³-hybridized carbons (Fsp3) is 0.632. The van der Waals surface area contributed by atoms with Crippen LogP contribution >= 0.6 is 0 Å². The predicted molar refractivity (Wildman–Crippen MR) is 112 cm³/mol. The van der Waals surface area contributed by atoms with Gasteiger partial charge < -0.3 is 42.1 Å². The molecule has 15 nitrogen and oxygen atoms in total. The van der Waals surface area contributed by atoms with Crippen molar-refractivity contribution in [1.29, 1.82) is 0 Å². The summed E-state index contributed by atoms with van der Waals surface area (Å²) in [6, 6.07) is -6.28. The van der Waals surface area contributed by atoms with Gasteiger partial charge in [-0.2, -0.15) is 0 Å². The van der Waals surface area contributed by atoms with Crippen LogP contribution in [-0.2, 0) is 33.6 Å². The molecule has 0 aliphatic heterocycles. The van der Waals surface area contributed by atoms with E-state index in [2.05, 4.69) is 5.32 Å². The van der Waals surface area contributed by atoms with Crippen molar-refractivity contribution in [2.75, 3.05) is 0 Å². The average Bonchev–Trinajstić information content (AvgIpc) is 2.68. The molecule has 0 heterocycles. The Hall–Kier alpha value is -3.75. The third-order valence-corrected chi connectivity index (χ3v) is 4.35. The lowest BCUT2D eigenvalue weighted by Crippen LogP contribution is -2.57. The van der Waals surface area contributed by atoms with Gasteiger partial charge in [-0.15, -0.1) is 0 Å². The molecule has 0 rings (SSSR count). The molecule has 0 aromatic carbocycles. The van der Waals surface area contributed by atoms with Gasteiger partial charge in [-0.05, 0) is 18.8 Å². The lowest BCUT2D eigenvalue weighted by atomic mass is 10.0. The number of nitrogens with one attached hydrogen (secondary N) is 3. The van der Waals surface area contributed by atoms with E-state index in [-0.39, 0.29) is 12.3 Å². The van der Waals surface area contributed by atoms with Crippen LogP contribution in [0.15, 0.2) is 0 Å². The standard InChI is InChI=1S/C19H30N4O11/c1-8(2)5-9(20)16(30)21-10(3-4-13(24)25)17(31)22-11(6-14(26)27)18(32)23-12(19(33)34)7-15(28)29/h8-12H,3-7,20H2,1-2H3,(H,21,30)(H,22,31)(H,23,32)(H,24,25)(H,26,27)(H,28,29)(H,33,34). The Kier molecular flexibility index (Phi) is 12.8. The third-order valence-electron chi connectivity index (χ3n) is 4.35. The molecule has 9 N–H and O–H groups in total. The van der Waals surface area contributed by atoms with Crippen LogP contribution in [0.5, 0.6) is 0 Å². The number of hydrogen-bond acceptors (Lipinski definition) is 8. The molecule has 4 atom stereocenters. The van der Waals surface area contributed by atoms with Crippen molar-refractivity contribution in [3.63, 3.8) is 0 Å². The number of rotatable bonds is 16. The highest BCUT2D eigenvalue weighted by Gasteiger charge is 2.32. The number of aliphatic carboxylic acids is 4. The molecule has 0 aliphatic carbocycles. The van der Waals surface area contributed by atoms with Crippen molar-refractivity contribution in [3.05, 3.63) is 0 Å². The number of carbonyl (C=O) groups is 7. The molecule has 34 heavy (non-hydrogen) atoms. The molecule has 0 spiro atoms. The van der Waals surface area contributed by atoms with Crippen LogP contribution < -0.4 is 21.7 Å². The summed E-state index contributed by atoms with van der Waals surface area (Å²) in [5.74, 6) is -9.27. The van der Waals surface area contributed by atoms with Gasteiger partial charge in [0, 0.05) is 6.42 Å². The maximum atomic E-state index is 12.7. The second-order valence-corrected chi connectivity index (χ2v) is 7.89. The molecule has 0 bridgehead atoms. The van der Waals surface area contributed by atoms with Crippen LogP contribution in [0.2, 0.25) is 0 Å². The van der Waals surface area contributed by atoms with Crippen molar-refractivity contribution in [2.24, 2.45) is 11.7 Å². The summed E-state index contributed by atoms with van der Waals surface area (Å²) in [7, 11) is 0. The molecule has 4 unspecified atom stereocenters. The van der Waals surface area contributed by atoms with Crippen molar-refractivity contribution < 1.29 is 54.0 Å². The van der Waals surface area contributed by atoms with E-state index in [0.29, 0.717) is 0 Å². The van der Waals surface area contributed by atoms with Gasteiger partial charge >= 0.3 is 23.9 Å². The summed E-state index contributed by atoms with van der Waals surface area (Å²) in [6.07, 6.45) is -2.75. The minimum atomic E-state index is -1.91. The van der Waals surface area contributed by atoms with Crippen molar-refractivity contribution >= 4 is 41.6 Å². The summed E-state index contributed by atoms with van der Waals surface area (Å²) in [5.41, 5.74) is 5.76. The van der Waals surface area contributed by atoms with Crippen molar-refractivity contribution in [3.8, 4) is 0 Å². The van der Waals surface area contributed by atoms with Gasteiger partial charge in [0.2, 0.25) is 17.7 Å². The monoisotopic (exact) mass is 490 g/mol. The SMILES string of the molecule is CC(C)CC(N)C(=O)NC(CCC(=O)O)C(=O)NC(CC(=O)O)C(=O)NC(CC(=O)O)C(=O)O. The van der Waals surface area contributed by atoms with Gasteiger partial charge in [0.1, 0.15) is 18.1 Å². The molecule has 15 heteroatoms. The molecule has 0 aromatic rings. The number of carboxylic acids is 4. The Morgan fingerprint density at radius 2 is 1.12 bits per heavy atom. The molecule has 0 radical (unpaired) electrons. The summed E-state index contributed by atoms with van der Waals surface area (Å²) >= 11 is 0. The quantitative estimate of drug-likeness (QED) is 0.114. The van der Waals surface area contributed by atoms with Gasteiger partial charge in [-0.3, -0.25) is 28.8 Å². The maximum Gasteiger partial charge on any atom is 0.326 e.